The number of hydrogen-bond acceptors (Lipinski definition) is 4. The summed E-state index contributed by atoms with van der Waals surface area (Å²) < 4.78 is 27.8. The summed E-state index contributed by atoms with van der Waals surface area (Å²) in [6, 6.07) is 17.0. The van der Waals surface area contributed by atoms with E-state index in [4.69, 9.17) is 4.89 Å². The van der Waals surface area contributed by atoms with Gasteiger partial charge in [0.1, 0.15) is 6.61 Å². The molecule has 0 radical (unpaired) electrons. The first-order valence-electron chi connectivity index (χ1n) is 5.33. The van der Waals surface area contributed by atoms with Crippen LogP contribution in [0.4, 0.5) is 0 Å². The topological polar surface area (TPSA) is 52.6 Å². The Morgan fingerprint density at radius 2 is 1.37 bits per heavy atom. The number of benzene rings is 2. The van der Waals surface area contributed by atoms with Crippen molar-refractivity contribution in [3.8, 4) is 0 Å². The van der Waals surface area contributed by atoms with Crippen molar-refractivity contribution in [2.75, 3.05) is 0 Å². The van der Waals surface area contributed by atoms with Crippen LogP contribution >= 0.6 is 0 Å². The summed E-state index contributed by atoms with van der Waals surface area (Å²) >= 11 is 0. The first kappa shape index (κ1) is 16.4. The van der Waals surface area contributed by atoms with Gasteiger partial charge in [0.15, 0.2) is 0 Å². The molecule has 2 aromatic carbocycles. The third kappa shape index (κ3) is 5.06. The molecule has 0 amide bonds. The van der Waals surface area contributed by atoms with Crippen LogP contribution in [0.1, 0.15) is 5.56 Å². The third-order valence-corrected chi connectivity index (χ3v) is 3.36. The molecule has 0 aliphatic rings. The average Bonchev–Trinajstić information content (AvgIpc) is 2.41. The molecule has 0 heterocycles. The minimum atomic E-state index is -3.85. The summed E-state index contributed by atoms with van der Waals surface area (Å²) in [6.45, 7) is 0.0763. The zero-order chi connectivity index (χ0) is 12.8. The fourth-order valence-electron chi connectivity index (χ4n) is 1.36. The van der Waals surface area contributed by atoms with Crippen molar-refractivity contribution in [2.24, 2.45) is 0 Å². The van der Waals surface area contributed by atoms with E-state index in [2.05, 4.69) is 4.33 Å². The van der Waals surface area contributed by atoms with E-state index < -0.39 is 10.1 Å². The van der Waals surface area contributed by atoms with E-state index in [1.54, 1.807) is 18.2 Å². The molecule has 2 rings (SSSR count). The van der Waals surface area contributed by atoms with Crippen molar-refractivity contribution in [3.63, 3.8) is 0 Å². The molecule has 0 aliphatic heterocycles. The second-order valence-corrected chi connectivity index (χ2v) is 5.10. The van der Waals surface area contributed by atoms with Crippen LogP contribution < -0.4 is 0 Å². The van der Waals surface area contributed by atoms with E-state index in [0.717, 1.165) is 5.56 Å². The van der Waals surface area contributed by atoms with Crippen molar-refractivity contribution < 1.29 is 17.6 Å². The second kappa shape index (κ2) is 7.79. The molecule has 19 heavy (non-hydrogen) atoms. The van der Waals surface area contributed by atoms with Gasteiger partial charge in [0.05, 0.1) is 4.90 Å². The van der Waals surface area contributed by atoms with Crippen LogP contribution in [0.25, 0.3) is 0 Å². The van der Waals surface area contributed by atoms with E-state index in [1.165, 1.54) is 12.1 Å². The molecule has 6 heteroatoms. The van der Waals surface area contributed by atoms with E-state index in [1.807, 2.05) is 30.3 Å². The molecular formula is C13H13NaO4S. The second-order valence-electron chi connectivity index (χ2n) is 3.58. The van der Waals surface area contributed by atoms with Crippen molar-refractivity contribution >= 4 is 39.7 Å². The van der Waals surface area contributed by atoms with E-state index >= 15 is 0 Å². The molecule has 0 fully saturated rings. The zero-order valence-corrected chi connectivity index (χ0v) is 10.3. The van der Waals surface area contributed by atoms with Gasteiger partial charge in [-0.2, -0.15) is 8.42 Å². The standard InChI is InChI=1S/C13H12O4S.Na.H/c14-18(15,13-9-5-2-6-10-13)17-16-11-12-7-3-1-4-8-12;;/h1-10H,11H2;;. The molecule has 0 bridgehead atoms. The summed E-state index contributed by atoms with van der Waals surface area (Å²) in [7, 11) is -3.85. The molecule has 4 nitrogen and oxygen atoms in total. The van der Waals surface area contributed by atoms with Crippen LogP contribution in [0.2, 0.25) is 0 Å². The van der Waals surface area contributed by atoms with E-state index in [9.17, 15) is 8.42 Å². The summed E-state index contributed by atoms with van der Waals surface area (Å²) in [5.41, 5.74) is 0.834. The SMILES string of the molecule is O=S(=O)(OOCc1ccccc1)c1ccccc1.[NaH]. The molecule has 96 valence electrons. The Bertz CT molecular complexity index is 585. The summed E-state index contributed by atoms with van der Waals surface area (Å²) in [5, 5.41) is 0. The van der Waals surface area contributed by atoms with Crippen LogP contribution in [-0.4, -0.2) is 38.0 Å². The van der Waals surface area contributed by atoms with Gasteiger partial charge in [-0.1, -0.05) is 48.5 Å². The van der Waals surface area contributed by atoms with Gasteiger partial charge in [0.2, 0.25) is 0 Å². The first-order chi connectivity index (χ1) is 8.68. The number of hydrogen-bond donors (Lipinski definition) is 0. The third-order valence-electron chi connectivity index (χ3n) is 2.24. The van der Waals surface area contributed by atoms with Crippen LogP contribution in [-0.2, 0) is 25.9 Å². The quantitative estimate of drug-likeness (QED) is 0.479. The fourth-order valence-corrected chi connectivity index (χ4v) is 2.10. The van der Waals surface area contributed by atoms with Crippen molar-refractivity contribution in [3.05, 3.63) is 66.2 Å². The van der Waals surface area contributed by atoms with Crippen LogP contribution in [0.5, 0.6) is 0 Å². The Balaban J connectivity index is 0.00000180. The van der Waals surface area contributed by atoms with Crippen LogP contribution in [0.15, 0.2) is 65.6 Å². The Labute approximate surface area is 134 Å². The van der Waals surface area contributed by atoms with Crippen LogP contribution in [0, 0.1) is 0 Å². The van der Waals surface area contributed by atoms with E-state index in [-0.39, 0.29) is 41.1 Å². The summed E-state index contributed by atoms with van der Waals surface area (Å²) in [4.78, 5) is 4.82. The van der Waals surface area contributed by atoms with Gasteiger partial charge in [-0.05, 0) is 17.7 Å². The van der Waals surface area contributed by atoms with Crippen molar-refractivity contribution in [1.82, 2.24) is 0 Å². The van der Waals surface area contributed by atoms with Gasteiger partial charge >= 0.3 is 39.7 Å². The molecule has 0 aromatic heterocycles. The minimum absolute atomic E-state index is 0. The van der Waals surface area contributed by atoms with Gasteiger partial charge in [-0.3, -0.25) is 0 Å². The molecule has 0 saturated carbocycles. The molecular weight excluding hydrogens is 275 g/mol. The van der Waals surface area contributed by atoms with E-state index in [0.29, 0.717) is 0 Å². The molecule has 0 atom stereocenters. The average molecular weight is 288 g/mol. The predicted octanol–water partition coefficient (Wildman–Crippen LogP) is 1.88. The van der Waals surface area contributed by atoms with Gasteiger partial charge < -0.3 is 0 Å². The number of rotatable bonds is 5. The van der Waals surface area contributed by atoms with Gasteiger partial charge in [0, 0.05) is 0 Å². The predicted molar refractivity (Wildman–Crippen MR) is 73.1 cm³/mol. The first-order valence-corrected chi connectivity index (χ1v) is 6.74. The molecule has 0 saturated heterocycles. The normalized spacial score (nSPS) is 10.7. The molecule has 2 aromatic rings. The fraction of sp³-hybridized carbons (Fsp3) is 0.0769. The summed E-state index contributed by atoms with van der Waals surface area (Å²) in [6.07, 6.45) is 0. The Kier molecular flexibility index (Phi) is 6.71. The van der Waals surface area contributed by atoms with Crippen LogP contribution in [0.3, 0.4) is 0 Å². The maximum absolute atomic E-state index is 11.7. The van der Waals surface area contributed by atoms with Crippen molar-refractivity contribution in [2.45, 2.75) is 11.5 Å². The molecule has 0 unspecified atom stereocenters. The Hall–Kier alpha value is -0.690. The van der Waals surface area contributed by atoms with Gasteiger partial charge in [-0.25, -0.2) is 4.89 Å². The maximum atomic E-state index is 11.7. The Morgan fingerprint density at radius 1 is 0.842 bits per heavy atom. The monoisotopic (exact) mass is 288 g/mol. The molecule has 0 spiro atoms. The zero-order valence-electron chi connectivity index (χ0n) is 9.52. The van der Waals surface area contributed by atoms with Gasteiger partial charge in [-0.15, -0.1) is 4.33 Å². The molecule has 0 aliphatic carbocycles. The van der Waals surface area contributed by atoms with Crippen molar-refractivity contribution in [1.29, 1.82) is 0 Å². The molecule has 0 N–H and O–H groups in total. The summed E-state index contributed by atoms with van der Waals surface area (Å²) in [5.74, 6) is 0. The van der Waals surface area contributed by atoms with Gasteiger partial charge in [0.25, 0.3) is 0 Å². The Morgan fingerprint density at radius 3 is 1.95 bits per heavy atom.